The molecule has 0 unspecified atom stereocenters. The molecule has 3 N–H and O–H groups in total. The minimum Gasteiger partial charge on any atom is -0.480 e. The number of hydrogen-bond acceptors (Lipinski definition) is 6. The summed E-state index contributed by atoms with van der Waals surface area (Å²) in [6, 6.07) is 1.71. The van der Waals surface area contributed by atoms with Crippen molar-refractivity contribution in [3.05, 3.63) is 23.8 Å². The molecule has 0 saturated carbocycles. The average molecular weight is 292 g/mol. The van der Waals surface area contributed by atoms with E-state index in [2.05, 4.69) is 25.7 Å². The van der Waals surface area contributed by atoms with E-state index in [4.69, 9.17) is 5.11 Å². The van der Waals surface area contributed by atoms with E-state index in [1.54, 1.807) is 19.2 Å². The maximum absolute atomic E-state index is 11.8. The number of hydrogen-bond donors (Lipinski definition) is 3. The number of nitrogens with one attached hydrogen (secondary N) is 2. The first-order valence-corrected chi connectivity index (χ1v) is 5.92. The van der Waals surface area contributed by atoms with E-state index in [1.807, 2.05) is 0 Å². The van der Waals surface area contributed by atoms with Gasteiger partial charge in [0.15, 0.2) is 0 Å². The van der Waals surface area contributed by atoms with Crippen molar-refractivity contribution in [3.8, 4) is 0 Å². The van der Waals surface area contributed by atoms with Gasteiger partial charge < -0.3 is 15.7 Å². The van der Waals surface area contributed by atoms with Crippen molar-refractivity contribution in [1.82, 2.24) is 30.2 Å². The van der Waals surface area contributed by atoms with Gasteiger partial charge in [0.2, 0.25) is 11.7 Å². The zero-order valence-electron chi connectivity index (χ0n) is 11.0. The number of aryl methyl sites for hydroxylation is 1. The highest BCUT2D eigenvalue weighted by Crippen LogP contribution is 2.01. The Labute approximate surface area is 118 Å². The lowest BCUT2D eigenvalue weighted by atomic mass is 10.5. The van der Waals surface area contributed by atoms with Crippen LogP contribution in [0.4, 0.5) is 0 Å². The number of aliphatic carboxylic acids is 1. The third-order valence-corrected chi connectivity index (χ3v) is 2.48. The van der Waals surface area contributed by atoms with Gasteiger partial charge in [-0.2, -0.15) is 4.98 Å². The SMILES string of the molecule is Cc1ccnc2nc(C(=O)NCC(=O)NCC(=O)O)nn12. The Bertz CT molecular complexity index is 710. The maximum Gasteiger partial charge on any atom is 0.322 e. The summed E-state index contributed by atoms with van der Waals surface area (Å²) in [5, 5.41) is 16.8. The minimum absolute atomic E-state index is 0.122. The summed E-state index contributed by atoms with van der Waals surface area (Å²) in [5.74, 6) is -2.29. The first-order chi connectivity index (χ1) is 9.97. The molecule has 0 saturated heterocycles. The molecule has 2 aromatic heterocycles. The third kappa shape index (κ3) is 3.49. The van der Waals surface area contributed by atoms with Crippen molar-refractivity contribution in [2.75, 3.05) is 13.1 Å². The first kappa shape index (κ1) is 14.4. The Balaban J connectivity index is 1.97. The highest BCUT2D eigenvalue weighted by molar-refractivity contribution is 5.94. The smallest absolute Gasteiger partial charge is 0.322 e. The zero-order chi connectivity index (χ0) is 15.4. The van der Waals surface area contributed by atoms with Crippen molar-refractivity contribution in [3.63, 3.8) is 0 Å². The topological polar surface area (TPSA) is 139 Å². The molecule has 0 aliphatic rings. The normalized spacial score (nSPS) is 10.3. The molecule has 0 aromatic carbocycles. The Morgan fingerprint density at radius 3 is 2.71 bits per heavy atom. The lowest BCUT2D eigenvalue weighted by Gasteiger charge is -2.02. The van der Waals surface area contributed by atoms with Crippen LogP contribution in [-0.2, 0) is 9.59 Å². The van der Waals surface area contributed by atoms with E-state index in [9.17, 15) is 14.4 Å². The predicted molar refractivity (Wildman–Crippen MR) is 68.5 cm³/mol. The van der Waals surface area contributed by atoms with Gasteiger partial charge in [-0.15, -0.1) is 5.10 Å². The van der Waals surface area contributed by atoms with Crippen molar-refractivity contribution in [2.45, 2.75) is 6.92 Å². The van der Waals surface area contributed by atoms with Gasteiger partial charge in [0.25, 0.3) is 11.7 Å². The second kappa shape index (κ2) is 5.94. The van der Waals surface area contributed by atoms with Crippen molar-refractivity contribution in [2.24, 2.45) is 0 Å². The summed E-state index contributed by atoms with van der Waals surface area (Å²) < 4.78 is 1.40. The minimum atomic E-state index is -1.17. The molecule has 0 aliphatic heterocycles. The van der Waals surface area contributed by atoms with Crippen LogP contribution >= 0.6 is 0 Å². The van der Waals surface area contributed by atoms with Crippen LogP contribution in [0, 0.1) is 6.92 Å². The van der Waals surface area contributed by atoms with Crippen LogP contribution in [0.2, 0.25) is 0 Å². The molecule has 0 aliphatic carbocycles. The Hall–Kier alpha value is -3.04. The molecule has 2 aromatic rings. The summed E-state index contributed by atoms with van der Waals surface area (Å²) in [6.07, 6.45) is 1.54. The number of nitrogens with zero attached hydrogens (tertiary/aromatic N) is 4. The number of carboxylic acids is 1. The zero-order valence-corrected chi connectivity index (χ0v) is 11.0. The van der Waals surface area contributed by atoms with Crippen molar-refractivity contribution >= 4 is 23.6 Å². The summed E-state index contributed by atoms with van der Waals surface area (Å²) in [7, 11) is 0. The lowest BCUT2D eigenvalue weighted by molar-refractivity contribution is -0.137. The van der Waals surface area contributed by atoms with Crippen LogP contribution in [-0.4, -0.2) is 55.6 Å². The van der Waals surface area contributed by atoms with E-state index in [0.29, 0.717) is 0 Å². The fourth-order valence-corrected chi connectivity index (χ4v) is 1.48. The summed E-state index contributed by atoms with van der Waals surface area (Å²) in [6.45, 7) is 0.906. The second-order valence-electron chi connectivity index (χ2n) is 4.09. The molecule has 2 rings (SSSR count). The van der Waals surface area contributed by atoms with Crippen molar-refractivity contribution in [1.29, 1.82) is 0 Å². The first-order valence-electron chi connectivity index (χ1n) is 5.92. The predicted octanol–water partition coefficient (Wildman–Crippen LogP) is -1.64. The summed E-state index contributed by atoms with van der Waals surface area (Å²) in [4.78, 5) is 41.2. The molecule has 21 heavy (non-hydrogen) atoms. The van der Waals surface area contributed by atoms with Crippen LogP contribution in [0.25, 0.3) is 5.78 Å². The van der Waals surface area contributed by atoms with Crippen LogP contribution in [0.5, 0.6) is 0 Å². The molecular weight excluding hydrogens is 280 g/mol. The van der Waals surface area contributed by atoms with Crippen LogP contribution in [0.3, 0.4) is 0 Å². The number of amides is 2. The summed E-state index contributed by atoms with van der Waals surface area (Å²) in [5.41, 5.74) is 0.755. The standard InChI is InChI=1S/C11H12N6O4/c1-6-2-3-12-11-15-9(16-17(6)11)10(21)14-4-7(18)13-5-8(19)20/h2-3H,4-5H2,1H3,(H,13,18)(H,14,21)(H,19,20). The molecule has 10 heteroatoms. The Kier molecular flexibility index (Phi) is 4.07. The number of fused-ring (bicyclic) bond motifs is 1. The van der Waals surface area contributed by atoms with Gasteiger partial charge in [-0.1, -0.05) is 0 Å². The molecule has 0 atom stereocenters. The molecule has 2 heterocycles. The van der Waals surface area contributed by atoms with Gasteiger partial charge in [-0.3, -0.25) is 14.4 Å². The lowest BCUT2D eigenvalue weighted by Crippen LogP contribution is -2.39. The molecule has 0 fully saturated rings. The van der Waals surface area contributed by atoms with Crippen LogP contribution < -0.4 is 10.6 Å². The number of carbonyl (C=O) groups excluding carboxylic acids is 2. The molecular formula is C11H12N6O4. The van der Waals surface area contributed by atoms with E-state index in [1.165, 1.54) is 4.52 Å². The van der Waals surface area contributed by atoms with E-state index in [-0.39, 0.29) is 18.1 Å². The Morgan fingerprint density at radius 2 is 2.05 bits per heavy atom. The molecule has 110 valence electrons. The molecule has 0 spiro atoms. The monoisotopic (exact) mass is 292 g/mol. The maximum atomic E-state index is 11.8. The van der Waals surface area contributed by atoms with E-state index < -0.39 is 24.3 Å². The van der Waals surface area contributed by atoms with Gasteiger partial charge >= 0.3 is 5.97 Å². The summed E-state index contributed by atoms with van der Waals surface area (Å²) >= 11 is 0. The van der Waals surface area contributed by atoms with Gasteiger partial charge in [-0.05, 0) is 13.0 Å². The highest BCUT2D eigenvalue weighted by atomic mass is 16.4. The van der Waals surface area contributed by atoms with Gasteiger partial charge in [0.1, 0.15) is 6.54 Å². The van der Waals surface area contributed by atoms with Gasteiger partial charge in [0.05, 0.1) is 6.54 Å². The van der Waals surface area contributed by atoms with Crippen LogP contribution in [0.1, 0.15) is 16.3 Å². The highest BCUT2D eigenvalue weighted by Gasteiger charge is 2.15. The Morgan fingerprint density at radius 1 is 1.29 bits per heavy atom. The fraction of sp³-hybridized carbons (Fsp3) is 0.273. The van der Waals surface area contributed by atoms with Gasteiger partial charge in [-0.25, -0.2) is 9.50 Å². The molecule has 0 radical (unpaired) electrons. The molecule has 2 amide bonds. The van der Waals surface area contributed by atoms with Crippen molar-refractivity contribution < 1.29 is 19.5 Å². The average Bonchev–Trinajstić information content (AvgIpc) is 2.88. The second-order valence-corrected chi connectivity index (χ2v) is 4.09. The molecule has 0 bridgehead atoms. The number of rotatable bonds is 5. The molecule has 10 nitrogen and oxygen atoms in total. The largest absolute Gasteiger partial charge is 0.480 e. The third-order valence-electron chi connectivity index (χ3n) is 2.48. The van der Waals surface area contributed by atoms with E-state index in [0.717, 1.165) is 5.69 Å². The number of carbonyl (C=O) groups is 3. The number of aromatic nitrogens is 4. The fourth-order valence-electron chi connectivity index (χ4n) is 1.48. The van der Waals surface area contributed by atoms with Gasteiger partial charge in [0, 0.05) is 11.9 Å². The quantitative estimate of drug-likeness (QED) is 0.600. The number of carboxylic acid groups (broad SMARTS) is 1. The van der Waals surface area contributed by atoms with E-state index >= 15 is 0 Å². The van der Waals surface area contributed by atoms with Crippen LogP contribution in [0.15, 0.2) is 12.3 Å².